The second-order valence-corrected chi connectivity index (χ2v) is 4.79. The highest BCUT2D eigenvalue weighted by Gasteiger charge is 2.11. The number of aromatic nitrogens is 1. The minimum Gasteiger partial charge on any atom is -0.497 e. The Morgan fingerprint density at radius 2 is 1.94 bits per heavy atom. The van der Waals surface area contributed by atoms with Crippen LogP contribution in [-0.4, -0.2) is 24.3 Å². The lowest BCUT2D eigenvalue weighted by Crippen LogP contribution is -1.92. The van der Waals surface area contributed by atoms with Crippen LogP contribution < -0.4 is 4.74 Å². The van der Waals surface area contributed by atoms with Crippen LogP contribution in [0.5, 0.6) is 5.75 Å². The van der Waals surface area contributed by atoms with Gasteiger partial charge >= 0.3 is 0 Å². The molecule has 2 aromatic rings. The Kier molecular flexibility index (Phi) is 4.30. The molecule has 0 aliphatic rings. The maximum atomic E-state index is 9.28. The molecule has 5 heteroatoms. The first-order chi connectivity index (χ1) is 8.78. The summed E-state index contributed by atoms with van der Waals surface area (Å²) in [6.45, 7) is 0.412. The minimum atomic E-state index is -0.00743. The third-order valence-electron chi connectivity index (χ3n) is 2.54. The first-order valence-corrected chi connectivity index (χ1v) is 6.33. The van der Waals surface area contributed by atoms with E-state index in [1.54, 1.807) is 14.2 Å². The largest absolute Gasteiger partial charge is 0.497 e. The van der Waals surface area contributed by atoms with Crippen molar-refractivity contribution in [2.24, 2.45) is 0 Å². The SMILES string of the molecule is COCc1nc(-c2ccc(OC)cc2)sc1CO. The van der Waals surface area contributed by atoms with Gasteiger partial charge in [0.05, 0.1) is 30.9 Å². The normalized spacial score (nSPS) is 10.6. The van der Waals surface area contributed by atoms with Gasteiger partial charge in [-0.15, -0.1) is 11.3 Å². The molecule has 0 saturated heterocycles. The van der Waals surface area contributed by atoms with Gasteiger partial charge in [-0.3, -0.25) is 0 Å². The van der Waals surface area contributed by atoms with E-state index in [9.17, 15) is 5.11 Å². The van der Waals surface area contributed by atoms with Gasteiger partial charge in [0, 0.05) is 12.7 Å². The van der Waals surface area contributed by atoms with Crippen LogP contribution in [0.2, 0.25) is 0 Å². The number of benzene rings is 1. The molecule has 18 heavy (non-hydrogen) atoms. The van der Waals surface area contributed by atoms with Crippen molar-refractivity contribution in [1.82, 2.24) is 4.98 Å². The first-order valence-electron chi connectivity index (χ1n) is 5.51. The van der Waals surface area contributed by atoms with Crippen molar-refractivity contribution in [1.29, 1.82) is 0 Å². The smallest absolute Gasteiger partial charge is 0.124 e. The molecule has 0 fully saturated rings. The highest BCUT2D eigenvalue weighted by molar-refractivity contribution is 7.15. The average Bonchev–Trinajstić information content (AvgIpc) is 2.82. The summed E-state index contributed by atoms with van der Waals surface area (Å²) in [5.41, 5.74) is 1.81. The molecule has 0 radical (unpaired) electrons. The number of hydrogen-bond acceptors (Lipinski definition) is 5. The number of rotatable bonds is 5. The zero-order valence-corrected chi connectivity index (χ0v) is 11.2. The van der Waals surface area contributed by atoms with Crippen LogP contribution in [0.1, 0.15) is 10.6 Å². The Balaban J connectivity index is 2.31. The molecule has 0 bridgehead atoms. The molecule has 0 aliphatic carbocycles. The van der Waals surface area contributed by atoms with E-state index in [0.29, 0.717) is 6.61 Å². The van der Waals surface area contributed by atoms with Gasteiger partial charge in [-0.25, -0.2) is 4.98 Å². The van der Waals surface area contributed by atoms with E-state index in [1.807, 2.05) is 24.3 Å². The summed E-state index contributed by atoms with van der Waals surface area (Å²) in [7, 11) is 3.26. The molecule has 4 nitrogen and oxygen atoms in total. The molecule has 2 rings (SSSR count). The van der Waals surface area contributed by atoms with Gasteiger partial charge in [-0.05, 0) is 24.3 Å². The first kappa shape index (κ1) is 13.0. The molecule has 0 unspecified atom stereocenters. The van der Waals surface area contributed by atoms with Crippen molar-refractivity contribution in [3.8, 4) is 16.3 Å². The lowest BCUT2D eigenvalue weighted by atomic mass is 10.2. The summed E-state index contributed by atoms with van der Waals surface area (Å²) in [6, 6.07) is 7.70. The fraction of sp³-hybridized carbons (Fsp3) is 0.308. The molecule has 1 aromatic heterocycles. The molecular formula is C13H15NO3S. The van der Waals surface area contributed by atoms with E-state index >= 15 is 0 Å². The standard InChI is InChI=1S/C13H15NO3S/c1-16-8-11-12(7-15)18-13(14-11)9-3-5-10(17-2)6-4-9/h3-6,15H,7-8H2,1-2H3. The number of ether oxygens (including phenoxy) is 2. The molecule has 0 aliphatic heterocycles. The van der Waals surface area contributed by atoms with E-state index < -0.39 is 0 Å². The van der Waals surface area contributed by atoms with Crippen LogP contribution in [0, 0.1) is 0 Å². The number of hydrogen-bond donors (Lipinski definition) is 1. The molecule has 96 valence electrons. The van der Waals surface area contributed by atoms with Gasteiger partial charge in [-0.1, -0.05) is 0 Å². The minimum absolute atomic E-state index is 0.00743. The lowest BCUT2D eigenvalue weighted by molar-refractivity contribution is 0.179. The number of nitrogens with zero attached hydrogens (tertiary/aromatic N) is 1. The third-order valence-corrected chi connectivity index (χ3v) is 3.67. The summed E-state index contributed by atoms with van der Waals surface area (Å²) in [4.78, 5) is 5.34. The third kappa shape index (κ3) is 2.69. The van der Waals surface area contributed by atoms with Crippen LogP contribution in [0.15, 0.2) is 24.3 Å². The van der Waals surface area contributed by atoms with Gasteiger partial charge in [-0.2, -0.15) is 0 Å². The summed E-state index contributed by atoms with van der Waals surface area (Å²) in [5.74, 6) is 0.815. The fourth-order valence-corrected chi connectivity index (χ4v) is 2.54. The van der Waals surface area contributed by atoms with Gasteiger partial charge in [0.25, 0.3) is 0 Å². The number of methoxy groups -OCH3 is 2. The summed E-state index contributed by atoms with van der Waals surface area (Å²) in [6.07, 6.45) is 0. The van der Waals surface area contributed by atoms with E-state index in [-0.39, 0.29) is 6.61 Å². The molecule has 0 saturated carbocycles. The second kappa shape index (κ2) is 5.95. The fourth-order valence-electron chi connectivity index (χ4n) is 1.61. The summed E-state index contributed by atoms with van der Waals surface area (Å²) in [5, 5.41) is 10.2. The predicted molar refractivity (Wildman–Crippen MR) is 70.7 cm³/mol. The Morgan fingerprint density at radius 3 is 2.50 bits per heavy atom. The van der Waals surface area contributed by atoms with Crippen molar-refractivity contribution in [2.45, 2.75) is 13.2 Å². The predicted octanol–water partition coefficient (Wildman–Crippen LogP) is 2.46. The second-order valence-electron chi connectivity index (χ2n) is 3.71. The van der Waals surface area contributed by atoms with Gasteiger partial charge < -0.3 is 14.6 Å². The van der Waals surface area contributed by atoms with Crippen molar-refractivity contribution >= 4 is 11.3 Å². The van der Waals surface area contributed by atoms with Crippen molar-refractivity contribution < 1.29 is 14.6 Å². The Hall–Kier alpha value is -1.43. The van der Waals surface area contributed by atoms with E-state index in [2.05, 4.69) is 4.98 Å². The molecular weight excluding hydrogens is 250 g/mol. The Bertz CT molecular complexity index is 507. The van der Waals surface area contributed by atoms with Crippen molar-refractivity contribution in [3.05, 3.63) is 34.8 Å². The molecule has 1 aromatic carbocycles. The lowest BCUT2D eigenvalue weighted by Gasteiger charge is -2.00. The molecule has 0 amide bonds. The van der Waals surface area contributed by atoms with E-state index in [0.717, 1.165) is 26.9 Å². The van der Waals surface area contributed by atoms with Gasteiger partial charge in [0.15, 0.2) is 0 Å². The van der Waals surface area contributed by atoms with Crippen LogP contribution in [0.25, 0.3) is 10.6 Å². The van der Waals surface area contributed by atoms with Gasteiger partial charge in [0.2, 0.25) is 0 Å². The highest BCUT2D eigenvalue weighted by Crippen LogP contribution is 2.29. The molecule has 0 spiro atoms. The molecule has 1 heterocycles. The molecule has 1 N–H and O–H groups in total. The van der Waals surface area contributed by atoms with Crippen LogP contribution in [-0.2, 0) is 18.0 Å². The highest BCUT2D eigenvalue weighted by atomic mass is 32.1. The zero-order valence-electron chi connectivity index (χ0n) is 10.3. The van der Waals surface area contributed by atoms with E-state index in [1.165, 1.54) is 11.3 Å². The maximum absolute atomic E-state index is 9.28. The monoisotopic (exact) mass is 265 g/mol. The zero-order chi connectivity index (χ0) is 13.0. The Morgan fingerprint density at radius 1 is 1.22 bits per heavy atom. The number of thiazole rings is 1. The van der Waals surface area contributed by atoms with Crippen LogP contribution >= 0.6 is 11.3 Å². The maximum Gasteiger partial charge on any atom is 0.124 e. The van der Waals surface area contributed by atoms with Crippen molar-refractivity contribution in [2.75, 3.05) is 14.2 Å². The summed E-state index contributed by atoms with van der Waals surface area (Å²) >= 11 is 1.48. The van der Waals surface area contributed by atoms with Crippen molar-refractivity contribution in [3.63, 3.8) is 0 Å². The molecule has 0 atom stereocenters. The quantitative estimate of drug-likeness (QED) is 0.902. The average molecular weight is 265 g/mol. The number of aliphatic hydroxyl groups excluding tert-OH is 1. The topological polar surface area (TPSA) is 51.6 Å². The van der Waals surface area contributed by atoms with Crippen LogP contribution in [0.4, 0.5) is 0 Å². The van der Waals surface area contributed by atoms with E-state index in [4.69, 9.17) is 9.47 Å². The van der Waals surface area contributed by atoms with Crippen LogP contribution in [0.3, 0.4) is 0 Å². The Labute approximate surface area is 110 Å². The number of aliphatic hydroxyl groups is 1. The van der Waals surface area contributed by atoms with Gasteiger partial charge in [0.1, 0.15) is 10.8 Å². The summed E-state index contributed by atoms with van der Waals surface area (Å²) < 4.78 is 10.2.